The van der Waals surface area contributed by atoms with Crippen LogP contribution < -0.4 is 5.32 Å². The van der Waals surface area contributed by atoms with E-state index in [0.717, 1.165) is 12.0 Å². The third kappa shape index (κ3) is 1.85. The van der Waals surface area contributed by atoms with Crippen LogP contribution in [0.2, 0.25) is 0 Å². The minimum Gasteiger partial charge on any atom is -0.508 e. The van der Waals surface area contributed by atoms with Crippen molar-refractivity contribution in [2.45, 2.75) is 57.5 Å². The van der Waals surface area contributed by atoms with Crippen LogP contribution in [0.15, 0.2) is 12.1 Å². The van der Waals surface area contributed by atoms with E-state index < -0.39 is 0 Å². The Labute approximate surface area is 103 Å². The molecule has 3 atom stereocenters. The van der Waals surface area contributed by atoms with Crippen molar-refractivity contribution in [1.82, 2.24) is 5.32 Å². The van der Waals surface area contributed by atoms with Gasteiger partial charge in [-0.05, 0) is 61.8 Å². The lowest BCUT2D eigenvalue weighted by Crippen LogP contribution is -2.36. The minimum atomic E-state index is 0.462. The third-order valence-corrected chi connectivity index (χ3v) is 4.40. The summed E-state index contributed by atoms with van der Waals surface area (Å²) in [5.74, 6) is 1.07. The summed E-state index contributed by atoms with van der Waals surface area (Å²) in [5, 5.41) is 13.7. The lowest BCUT2D eigenvalue weighted by atomic mass is 9.89. The van der Waals surface area contributed by atoms with Gasteiger partial charge in [-0.25, -0.2) is 0 Å². The smallest absolute Gasteiger partial charge is 0.118 e. The van der Waals surface area contributed by atoms with E-state index in [-0.39, 0.29) is 0 Å². The maximum absolute atomic E-state index is 9.93. The molecule has 1 aromatic rings. The number of fused-ring (bicyclic) bond motifs is 3. The highest BCUT2D eigenvalue weighted by Crippen LogP contribution is 2.40. The van der Waals surface area contributed by atoms with Gasteiger partial charge in [-0.15, -0.1) is 0 Å². The van der Waals surface area contributed by atoms with Gasteiger partial charge in [0.15, 0.2) is 0 Å². The van der Waals surface area contributed by atoms with Gasteiger partial charge in [0.1, 0.15) is 5.75 Å². The summed E-state index contributed by atoms with van der Waals surface area (Å²) >= 11 is 0. The Kier molecular flexibility index (Phi) is 2.62. The highest BCUT2D eigenvalue weighted by molar-refractivity contribution is 5.44. The number of benzene rings is 1. The number of aromatic hydroxyl groups is 1. The Morgan fingerprint density at radius 2 is 2.12 bits per heavy atom. The number of aryl methyl sites for hydroxylation is 1. The molecule has 1 heterocycles. The Balaban J connectivity index is 2.10. The van der Waals surface area contributed by atoms with Crippen LogP contribution in [0.5, 0.6) is 5.75 Å². The third-order valence-electron chi connectivity index (χ3n) is 4.40. The van der Waals surface area contributed by atoms with Crippen molar-refractivity contribution in [1.29, 1.82) is 0 Å². The summed E-state index contributed by atoms with van der Waals surface area (Å²) in [7, 11) is 0. The van der Waals surface area contributed by atoms with Gasteiger partial charge in [-0.3, -0.25) is 0 Å². The molecular weight excluding hydrogens is 210 g/mol. The minimum absolute atomic E-state index is 0.462. The number of rotatable bonds is 0. The molecule has 2 heteroatoms. The van der Waals surface area contributed by atoms with Crippen LogP contribution in [-0.4, -0.2) is 17.2 Å². The number of phenolic OH excluding ortho intramolecular Hbond substituents is 1. The quantitative estimate of drug-likeness (QED) is 0.719. The molecule has 3 unspecified atom stereocenters. The van der Waals surface area contributed by atoms with Crippen molar-refractivity contribution in [3.8, 4) is 5.75 Å². The van der Waals surface area contributed by atoms with Crippen LogP contribution in [-0.2, 0) is 6.42 Å². The van der Waals surface area contributed by atoms with Crippen molar-refractivity contribution in [3.05, 3.63) is 28.8 Å². The summed E-state index contributed by atoms with van der Waals surface area (Å²) in [4.78, 5) is 0. The Morgan fingerprint density at radius 3 is 2.94 bits per heavy atom. The topological polar surface area (TPSA) is 32.3 Å². The monoisotopic (exact) mass is 231 g/mol. The molecule has 1 fully saturated rings. The molecule has 0 radical (unpaired) electrons. The van der Waals surface area contributed by atoms with Crippen LogP contribution in [0.3, 0.4) is 0 Å². The van der Waals surface area contributed by atoms with E-state index in [0.29, 0.717) is 23.8 Å². The fourth-order valence-electron chi connectivity index (χ4n) is 3.58. The zero-order valence-corrected chi connectivity index (χ0v) is 10.7. The van der Waals surface area contributed by atoms with Gasteiger partial charge in [-0.2, -0.15) is 0 Å². The van der Waals surface area contributed by atoms with Crippen molar-refractivity contribution in [3.63, 3.8) is 0 Å². The second-order valence-corrected chi connectivity index (χ2v) is 5.75. The Morgan fingerprint density at radius 1 is 1.29 bits per heavy atom. The number of hydrogen-bond donors (Lipinski definition) is 2. The van der Waals surface area contributed by atoms with E-state index in [9.17, 15) is 5.11 Å². The molecule has 1 aromatic carbocycles. The van der Waals surface area contributed by atoms with Gasteiger partial charge in [0, 0.05) is 12.1 Å². The lowest BCUT2D eigenvalue weighted by Gasteiger charge is -2.21. The molecule has 3 rings (SSSR count). The standard InChI is InChI=1S/C15H21NO/c1-9-6-11-7-10(2)16-14-5-3-4-12(14)13(11)8-15(9)17/h6,8,10,12,14,16-17H,3-5,7H2,1-2H3. The molecule has 0 amide bonds. The number of nitrogens with one attached hydrogen (secondary N) is 1. The van der Waals surface area contributed by atoms with Gasteiger partial charge < -0.3 is 10.4 Å². The SMILES string of the molecule is Cc1cc2c(cc1O)C1CCCC1NC(C)C2. The molecule has 92 valence electrons. The van der Waals surface area contributed by atoms with Gasteiger partial charge in [-0.1, -0.05) is 12.5 Å². The normalized spacial score (nSPS) is 31.8. The predicted molar refractivity (Wildman–Crippen MR) is 69.5 cm³/mol. The van der Waals surface area contributed by atoms with Crippen molar-refractivity contribution >= 4 is 0 Å². The number of phenols is 1. The van der Waals surface area contributed by atoms with E-state index in [1.165, 1.54) is 30.4 Å². The first-order valence-electron chi connectivity index (χ1n) is 6.73. The molecule has 0 aromatic heterocycles. The highest BCUT2D eigenvalue weighted by atomic mass is 16.3. The molecule has 0 saturated heterocycles. The first-order chi connectivity index (χ1) is 8.15. The second kappa shape index (κ2) is 4.02. The van der Waals surface area contributed by atoms with E-state index in [2.05, 4.69) is 18.3 Å². The van der Waals surface area contributed by atoms with Gasteiger partial charge in [0.05, 0.1) is 0 Å². The summed E-state index contributed by atoms with van der Waals surface area (Å²) < 4.78 is 0. The first kappa shape index (κ1) is 11.1. The van der Waals surface area contributed by atoms with Crippen LogP contribution >= 0.6 is 0 Å². The maximum Gasteiger partial charge on any atom is 0.118 e. The molecule has 1 aliphatic heterocycles. The fraction of sp³-hybridized carbons (Fsp3) is 0.600. The highest BCUT2D eigenvalue weighted by Gasteiger charge is 2.33. The molecule has 2 nitrogen and oxygen atoms in total. The molecule has 0 spiro atoms. The van der Waals surface area contributed by atoms with Crippen LogP contribution in [0.4, 0.5) is 0 Å². The van der Waals surface area contributed by atoms with Crippen LogP contribution in [0.1, 0.15) is 48.8 Å². The molecular formula is C15H21NO. The molecule has 1 aliphatic carbocycles. The van der Waals surface area contributed by atoms with Crippen molar-refractivity contribution in [2.75, 3.05) is 0 Å². The summed E-state index contributed by atoms with van der Waals surface area (Å²) in [6.45, 7) is 4.26. The molecule has 2 aliphatic rings. The molecule has 1 saturated carbocycles. The zero-order valence-electron chi connectivity index (χ0n) is 10.7. The maximum atomic E-state index is 9.93. The Bertz CT molecular complexity index is 441. The number of hydrogen-bond acceptors (Lipinski definition) is 2. The lowest BCUT2D eigenvalue weighted by molar-refractivity contribution is 0.436. The first-order valence-corrected chi connectivity index (χ1v) is 6.73. The van der Waals surface area contributed by atoms with E-state index >= 15 is 0 Å². The van der Waals surface area contributed by atoms with Crippen LogP contribution in [0, 0.1) is 6.92 Å². The summed E-state index contributed by atoms with van der Waals surface area (Å²) in [5.41, 5.74) is 3.84. The van der Waals surface area contributed by atoms with Crippen LogP contribution in [0.25, 0.3) is 0 Å². The average Bonchev–Trinajstić information content (AvgIpc) is 2.66. The van der Waals surface area contributed by atoms with Crippen molar-refractivity contribution in [2.24, 2.45) is 0 Å². The summed E-state index contributed by atoms with van der Waals surface area (Å²) in [6.07, 6.45) is 4.94. The second-order valence-electron chi connectivity index (χ2n) is 5.75. The molecule has 2 N–H and O–H groups in total. The average molecular weight is 231 g/mol. The zero-order chi connectivity index (χ0) is 12.0. The van der Waals surface area contributed by atoms with E-state index in [4.69, 9.17) is 0 Å². The molecule has 17 heavy (non-hydrogen) atoms. The molecule has 0 bridgehead atoms. The Hall–Kier alpha value is -1.02. The summed E-state index contributed by atoms with van der Waals surface area (Å²) in [6, 6.07) is 5.37. The predicted octanol–water partition coefficient (Wildman–Crippen LogP) is 2.87. The van der Waals surface area contributed by atoms with Gasteiger partial charge in [0.2, 0.25) is 0 Å². The van der Waals surface area contributed by atoms with Gasteiger partial charge in [0.25, 0.3) is 0 Å². The largest absolute Gasteiger partial charge is 0.508 e. The van der Waals surface area contributed by atoms with Crippen molar-refractivity contribution < 1.29 is 5.11 Å². The van der Waals surface area contributed by atoms with E-state index in [1.54, 1.807) is 0 Å². The van der Waals surface area contributed by atoms with E-state index in [1.807, 2.05) is 13.0 Å². The fourth-order valence-corrected chi connectivity index (χ4v) is 3.58. The van der Waals surface area contributed by atoms with Gasteiger partial charge >= 0.3 is 0 Å².